The molecule has 5 rings (SSSR count). The van der Waals surface area contributed by atoms with Crippen molar-refractivity contribution in [3.8, 4) is 0 Å². The van der Waals surface area contributed by atoms with Crippen LogP contribution in [0.15, 0.2) is 70.0 Å². The fraction of sp³-hybridized carbons (Fsp3) is 0.136. The summed E-state index contributed by atoms with van der Waals surface area (Å²) in [6.45, 7) is 0.303. The van der Waals surface area contributed by atoms with E-state index in [1.165, 1.54) is 6.07 Å². The lowest BCUT2D eigenvalue weighted by Gasteiger charge is -2.25. The van der Waals surface area contributed by atoms with Crippen LogP contribution in [0.4, 0.5) is 4.39 Å². The highest BCUT2D eigenvalue weighted by Crippen LogP contribution is 2.37. The van der Waals surface area contributed by atoms with Gasteiger partial charge in [0.1, 0.15) is 5.82 Å². The van der Waals surface area contributed by atoms with Crippen LogP contribution in [0.1, 0.15) is 33.2 Å². The number of hydrogen-bond acceptors (Lipinski definition) is 4. The van der Waals surface area contributed by atoms with Crippen LogP contribution >= 0.6 is 0 Å². The number of rotatable bonds is 4. The fourth-order valence-electron chi connectivity index (χ4n) is 3.89. The van der Waals surface area contributed by atoms with Gasteiger partial charge < -0.3 is 9.32 Å². The summed E-state index contributed by atoms with van der Waals surface area (Å²) in [5, 5.41) is 0. The zero-order valence-corrected chi connectivity index (χ0v) is 15.3. The van der Waals surface area contributed by atoms with Gasteiger partial charge in [-0.2, -0.15) is 0 Å². The number of amides is 1. The normalized spacial score (nSPS) is 15.8. The van der Waals surface area contributed by atoms with Gasteiger partial charge in [-0.3, -0.25) is 14.8 Å². The maximum atomic E-state index is 14.2. The number of halogens is 1. The Kier molecular flexibility index (Phi) is 4.01. The molecular weight excluding hydrogens is 373 g/mol. The number of aromatic nitrogens is 2. The largest absolute Gasteiger partial charge is 0.417 e. The van der Waals surface area contributed by atoms with E-state index in [0.717, 1.165) is 11.1 Å². The minimum absolute atomic E-state index is 0.113. The van der Waals surface area contributed by atoms with Crippen molar-refractivity contribution >= 4 is 17.0 Å². The lowest BCUT2D eigenvalue weighted by atomic mass is 10.00. The third-order valence-electron chi connectivity index (χ3n) is 5.25. The number of carbonyl (C=O) groups is 1. The Hall–Kier alpha value is -3.74. The maximum Gasteiger partial charge on any atom is 0.417 e. The highest BCUT2D eigenvalue weighted by atomic mass is 19.1. The van der Waals surface area contributed by atoms with Crippen LogP contribution in [-0.2, 0) is 13.0 Å². The smallest absolute Gasteiger partial charge is 0.408 e. The van der Waals surface area contributed by atoms with Crippen LogP contribution in [0, 0.1) is 5.82 Å². The second-order valence-corrected chi connectivity index (χ2v) is 7.02. The first kappa shape index (κ1) is 17.4. The minimum atomic E-state index is -0.523. The first-order valence-electron chi connectivity index (χ1n) is 9.21. The molecule has 29 heavy (non-hydrogen) atoms. The van der Waals surface area contributed by atoms with E-state index < -0.39 is 5.76 Å². The second kappa shape index (κ2) is 6.70. The molecule has 4 aromatic rings. The van der Waals surface area contributed by atoms with Crippen LogP contribution in [0.2, 0.25) is 0 Å². The van der Waals surface area contributed by atoms with E-state index in [0.29, 0.717) is 28.9 Å². The van der Waals surface area contributed by atoms with Gasteiger partial charge in [0.05, 0.1) is 17.3 Å². The van der Waals surface area contributed by atoms with Crippen molar-refractivity contribution < 1.29 is 13.6 Å². The van der Waals surface area contributed by atoms with Gasteiger partial charge in [0.2, 0.25) is 0 Å². The molecule has 1 unspecified atom stereocenters. The molecule has 1 aliphatic rings. The van der Waals surface area contributed by atoms with Crippen LogP contribution < -0.4 is 5.76 Å². The molecule has 7 heteroatoms. The number of nitrogens with zero attached hydrogens (tertiary/aromatic N) is 2. The number of oxazole rings is 1. The van der Waals surface area contributed by atoms with Crippen molar-refractivity contribution in [1.82, 2.24) is 14.9 Å². The number of pyridine rings is 1. The summed E-state index contributed by atoms with van der Waals surface area (Å²) in [7, 11) is 0. The molecule has 1 atom stereocenters. The van der Waals surface area contributed by atoms with Gasteiger partial charge in [-0.25, -0.2) is 9.18 Å². The molecule has 0 aliphatic carbocycles. The van der Waals surface area contributed by atoms with Crippen LogP contribution in [0.3, 0.4) is 0 Å². The van der Waals surface area contributed by atoms with Crippen LogP contribution in [0.25, 0.3) is 11.1 Å². The van der Waals surface area contributed by atoms with Gasteiger partial charge in [-0.15, -0.1) is 0 Å². The summed E-state index contributed by atoms with van der Waals surface area (Å²) in [4.78, 5) is 33.0. The highest BCUT2D eigenvalue weighted by molar-refractivity contribution is 5.99. The Bertz CT molecular complexity index is 1290. The molecule has 1 amide bonds. The zero-order valence-electron chi connectivity index (χ0n) is 15.3. The Morgan fingerprint density at radius 2 is 1.97 bits per heavy atom. The van der Waals surface area contributed by atoms with E-state index in [4.69, 9.17) is 4.42 Å². The van der Waals surface area contributed by atoms with Gasteiger partial charge in [-0.1, -0.05) is 24.3 Å². The molecule has 2 aromatic carbocycles. The fourth-order valence-corrected chi connectivity index (χ4v) is 3.89. The molecule has 0 saturated carbocycles. The molecule has 144 valence electrons. The van der Waals surface area contributed by atoms with Crippen molar-refractivity contribution in [3.05, 3.63) is 99.5 Å². The molecule has 1 aliphatic heterocycles. The molecule has 0 bridgehead atoms. The average Bonchev–Trinajstić information content (AvgIpc) is 3.21. The van der Waals surface area contributed by atoms with E-state index in [1.54, 1.807) is 35.4 Å². The number of aromatic amines is 1. The lowest BCUT2D eigenvalue weighted by Crippen LogP contribution is -2.29. The van der Waals surface area contributed by atoms with E-state index in [9.17, 15) is 14.0 Å². The summed E-state index contributed by atoms with van der Waals surface area (Å²) in [5.74, 6) is -1.03. The first-order valence-corrected chi connectivity index (χ1v) is 9.21. The third-order valence-corrected chi connectivity index (χ3v) is 5.25. The topological polar surface area (TPSA) is 79.2 Å². The SMILES string of the molecule is O=C1c2ccccc2C(Cc2ncccc2F)N1Cc1ccc2[nH]c(=O)oc2c1. The van der Waals surface area contributed by atoms with Gasteiger partial charge in [0, 0.05) is 24.7 Å². The number of fused-ring (bicyclic) bond motifs is 2. The van der Waals surface area contributed by atoms with Crippen molar-refractivity contribution in [3.63, 3.8) is 0 Å². The van der Waals surface area contributed by atoms with Gasteiger partial charge >= 0.3 is 5.76 Å². The zero-order chi connectivity index (χ0) is 20.0. The Morgan fingerprint density at radius 3 is 2.83 bits per heavy atom. The van der Waals surface area contributed by atoms with Crippen molar-refractivity contribution in [2.75, 3.05) is 0 Å². The molecule has 3 heterocycles. The molecule has 6 nitrogen and oxygen atoms in total. The van der Waals surface area contributed by atoms with Gasteiger partial charge in [0.25, 0.3) is 5.91 Å². The second-order valence-electron chi connectivity index (χ2n) is 7.02. The van der Waals surface area contributed by atoms with E-state index in [-0.39, 0.29) is 24.2 Å². The van der Waals surface area contributed by atoms with Gasteiger partial charge in [-0.05, 0) is 41.5 Å². The first-order chi connectivity index (χ1) is 14.1. The van der Waals surface area contributed by atoms with E-state index in [2.05, 4.69) is 9.97 Å². The van der Waals surface area contributed by atoms with Crippen molar-refractivity contribution in [2.45, 2.75) is 19.0 Å². The number of H-pyrrole nitrogens is 1. The van der Waals surface area contributed by atoms with Crippen molar-refractivity contribution in [2.24, 2.45) is 0 Å². The molecule has 0 spiro atoms. The monoisotopic (exact) mass is 389 g/mol. The quantitative estimate of drug-likeness (QED) is 0.578. The number of hydrogen-bond donors (Lipinski definition) is 1. The predicted octanol–water partition coefficient (Wildman–Crippen LogP) is 3.60. The average molecular weight is 389 g/mol. The standard InChI is InChI=1S/C22H16FN3O3/c23-16-6-3-9-24-18(16)11-19-14-4-1-2-5-15(14)21(27)26(19)12-13-7-8-17-20(10-13)29-22(28)25-17/h1-10,19H,11-12H2,(H,25,28). The predicted molar refractivity (Wildman–Crippen MR) is 104 cm³/mol. The summed E-state index contributed by atoms with van der Waals surface area (Å²) < 4.78 is 19.4. The molecule has 1 N–H and O–H groups in total. The molecule has 0 saturated heterocycles. The Morgan fingerprint density at radius 1 is 1.10 bits per heavy atom. The molecular formula is C22H16FN3O3. The number of nitrogens with one attached hydrogen (secondary N) is 1. The summed E-state index contributed by atoms with van der Waals surface area (Å²) in [6, 6.07) is 15.3. The number of benzene rings is 2. The number of carbonyl (C=O) groups excluding carboxylic acids is 1. The third kappa shape index (κ3) is 3.00. The van der Waals surface area contributed by atoms with Crippen molar-refractivity contribution in [1.29, 1.82) is 0 Å². The van der Waals surface area contributed by atoms with E-state index >= 15 is 0 Å². The maximum absolute atomic E-state index is 14.2. The van der Waals surface area contributed by atoms with Gasteiger partial charge in [0.15, 0.2) is 5.58 Å². The molecule has 0 radical (unpaired) electrons. The van der Waals surface area contributed by atoms with Crippen LogP contribution in [-0.4, -0.2) is 20.8 Å². The summed E-state index contributed by atoms with van der Waals surface area (Å²) >= 11 is 0. The molecule has 2 aromatic heterocycles. The molecule has 0 fully saturated rings. The van der Waals surface area contributed by atoms with Crippen LogP contribution in [0.5, 0.6) is 0 Å². The lowest BCUT2D eigenvalue weighted by molar-refractivity contribution is 0.0707. The summed E-state index contributed by atoms with van der Waals surface area (Å²) in [5.41, 5.74) is 3.64. The Labute approximate surface area is 164 Å². The Balaban J connectivity index is 1.53. The summed E-state index contributed by atoms with van der Waals surface area (Å²) in [6.07, 6.45) is 1.82. The highest BCUT2D eigenvalue weighted by Gasteiger charge is 2.37. The minimum Gasteiger partial charge on any atom is -0.408 e. The van der Waals surface area contributed by atoms with E-state index in [1.807, 2.05) is 24.3 Å².